The molecule has 2 rings (SSSR count). The van der Waals surface area contributed by atoms with Crippen molar-refractivity contribution in [3.8, 4) is 0 Å². The summed E-state index contributed by atoms with van der Waals surface area (Å²) in [4.78, 5) is 12.0. The fourth-order valence-electron chi connectivity index (χ4n) is 3.12. The summed E-state index contributed by atoms with van der Waals surface area (Å²) in [6.45, 7) is 0. The van der Waals surface area contributed by atoms with Crippen LogP contribution >= 0.6 is 0 Å². The summed E-state index contributed by atoms with van der Waals surface area (Å²) in [5.74, 6) is 0.403. The molecule has 98 valence electrons. The molecule has 0 aliphatic heterocycles. The number of hydrogen-bond donors (Lipinski definition) is 2. The molecule has 2 fully saturated rings. The summed E-state index contributed by atoms with van der Waals surface area (Å²) in [7, 11) is 0. The highest BCUT2D eigenvalue weighted by Gasteiger charge is 2.27. The van der Waals surface area contributed by atoms with E-state index in [4.69, 9.17) is 0 Å². The second-order valence-electron chi connectivity index (χ2n) is 5.66. The summed E-state index contributed by atoms with van der Waals surface area (Å²) < 4.78 is 0. The molecule has 0 aromatic heterocycles. The molecule has 0 unspecified atom stereocenters. The van der Waals surface area contributed by atoms with Crippen molar-refractivity contribution < 1.29 is 9.90 Å². The van der Waals surface area contributed by atoms with E-state index in [1.165, 1.54) is 25.7 Å². The second kappa shape index (κ2) is 6.39. The van der Waals surface area contributed by atoms with Crippen molar-refractivity contribution in [2.75, 3.05) is 0 Å². The Morgan fingerprint density at radius 1 is 0.882 bits per heavy atom. The van der Waals surface area contributed by atoms with Gasteiger partial charge in [0.1, 0.15) is 0 Å². The van der Waals surface area contributed by atoms with Crippen LogP contribution in [-0.4, -0.2) is 23.2 Å². The van der Waals surface area contributed by atoms with Crippen molar-refractivity contribution in [1.82, 2.24) is 5.32 Å². The van der Waals surface area contributed by atoms with Gasteiger partial charge in [-0.3, -0.25) is 4.79 Å². The summed E-state index contributed by atoms with van der Waals surface area (Å²) in [5.41, 5.74) is 0. The quantitative estimate of drug-likeness (QED) is 0.777. The van der Waals surface area contributed by atoms with Crippen molar-refractivity contribution >= 4 is 5.91 Å². The molecular weight excluding hydrogens is 214 g/mol. The molecule has 2 aliphatic rings. The summed E-state index contributed by atoms with van der Waals surface area (Å²) >= 11 is 0. The Labute approximate surface area is 104 Å². The first kappa shape index (κ1) is 12.9. The smallest absolute Gasteiger partial charge is 0.223 e. The van der Waals surface area contributed by atoms with Gasteiger partial charge in [-0.2, -0.15) is 0 Å². The van der Waals surface area contributed by atoms with E-state index in [0.717, 1.165) is 38.5 Å². The molecular formula is C14H25NO2. The van der Waals surface area contributed by atoms with E-state index in [-0.39, 0.29) is 24.0 Å². The normalized spacial score (nSPS) is 31.8. The van der Waals surface area contributed by atoms with Gasteiger partial charge >= 0.3 is 0 Å². The van der Waals surface area contributed by atoms with Crippen LogP contribution in [-0.2, 0) is 4.79 Å². The molecule has 2 aliphatic carbocycles. The molecule has 3 nitrogen and oxygen atoms in total. The number of amides is 1. The zero-order valence-electron chi connectivity index (χ0n) is 10.7. The molecule has 1 amide bonds. The predicted octanol–water partition coefficient (Wildman–Crippen LogP) is 2.38. The molecule has 0 bridgehead atoms. The van der Waals surface area contributed by atoms with Crippen molar-refractivity contribution in [3.05, 3.63) is 0 Å². The third-order valence-corrected chi connectivity index (χ3v) is 4.28. The second-order valence-corrected chi connectivity index (χ2v) is 5.66. The molecule has 2 atom stereocenters. The minimum absolute atomic E-state index is 0.00315. The molecule has 0 aromatic rings. The van der Waals surface area contributed by atoms with Crippen molar-refractivity contribution in [2.24, 2.45) is 5.92 Å². The third-order valence-electron chi connectivity index (χ3n) is 4.28. The molecule has 0 spiro atoms. The minimum atomic E-state index is -0.333. The van der Waals surface area contributed by atoms with Gasteiger partial charge in [0.25, 0.3) is 0 Å². The summed E-state index contributed by atoms with van der Waals surface area (Å²) in [6, 6.07) is 0.00315. The number of hydrogen-bond acceptors (Lipinski definition) is 2. The largest absolute Gasteiger partial charge is 0.391 e. The molecule has 0 aromatic carbocycles. The van der Waals surface area contributed by atoms with E-state index >= 15 is 0 Å². The van der Waals surface area contributed by atoms with Gasteiger partial charge in [-0.05, 0) is 25.7 Å². The van der Waals surface area contributed by atoms with Crippen LogP contribution in [0.15, 0.2) is 0 Å². The Kier molecular flexibility index (Phi) is 4.84. The number of carbonyl (C=O) groups is 1. The molecule has 3 heteroatoms. The highest BCUT2D eigenvalue weighted by Crippen LogP contribution is 2.25. The van der Waals surface area contributed by atoms with E-state index in [9.17, 15) is 9.90 Å². The Bertz CT molecular complexity index is 249. The molecule has 0 saturated heterocycles. The standard InChI is InChI=1S/C14H25NO2/c16-13-10-4-2-1-3-9-12(13)15-14(17)11-7-5-6-8-11/h11-13,16H,1-10H2,(H,15,17)/t12-,13-/m0/s1. The van der Waals surface area contributed by atoms with Crippen molar-refractivity contribution in [2.45, 2.75) is 76.4 Å². The SMILES string of the molecule is O=C(N[C@H]1CCCCCC[C@@H]1O)C1CCCC1. The first-order valence-corrected chi connectivity index (χ1v) is 7.26. The number of carbonyl (C=O) groups excluding carboxylic acids is 1. The van der Waals surface area contributed by atoms with Gasteiger partial charge in [-0.25, -0.2) is 0 Å². The van der Waals surface area contributed by atoms with E-state index < -0.39 is 0 Å². The average molecular weight is 239 g/mol. The zero-order valence-corrected chi connectivity index (χ0v) is 10.7. The lowest BCUT2D eigenvalue weighted by molar-refractivity contribution is -0.126. The maximum atomic E-state index is 12.0. The van der Waals surface area contributed by atoms with Crippen molar-refractivity contribution in [3.63, 3.8) is 0 Å². The Hall–Kier alpha value is -0.570. The molecule has 0 heterocycles. The number of aliphatic hydroxyl groups is 1. The van der Waals surface area contributed by atoms with Gasteiger partial charge in [0, 0.05) is 5.92 Å². The molecule has 2 N–H and O–H groups in total. The van der Waals surface area contributed by atoms with Crippen LogP contribution in [0.2, 0.25) is 0 Å². The van der Waals surface area contributed by atoms with Crippen LogP contribution in [0.1, 0.15) is 64.2 Å². The van der Waals surface area contributed by atoms with E-state index in [0.29, 0.717) is 0 Å². The van der Waals surface area contributed by atoms with Gasteiger partial charge in [0.2, 0.25) is 5.91 Å². The molecule has 17 heavy (non-hydrogen) atoms. The maximum absolute atomic E-state index is 12.0. The zero-order chi connectivity index (χ0) is 12.1. The maximum Gasteiger partial charge on any atom is 0.223 e. The van der Waals surface area contributed by atoms with Crippen LogP contribution in [0.3, 0.4) is 0 Å². The van der Waals surface area contributed by atoms with Crippen LogP contribution < -0.4 is 5.32 Å². The average Bonchev–Trinajstić information content (AvgIpc) is 2.82. The van der Waals surface area contributed by atoms with Gasteiger partial charge in [0.15, 0.2) is 0 Å². The molecule has 0 radical (unpaired) electrons. The summed E-state index contributed by atoms with van der Waals surface area (Å²) in [5, 5.41) is 13.1. The lowest BCUT2D eigenvalue weighted by atomic mass is 9.93. The van der Waals surface area contributed by atoms with Crippen LogP contribution in [0.25, 0.3) is 0 Å². The Balaban J connectivity index is 1.83. The van der Waals surface area contributed by atoms with Gasteiger partial charge in [-0.1, -0.05) is 38.5 Å². The van der Waals surface area contributed by atoms with Gasteiger partial charge in [-0.15, -0.1) is 0 Å². The Morgan fingerprint density at radius 3 is 2.18 bits per heavy atom. The summed E-state index contributed by atoms with van der Waals surface area (Å²) in [6.07, 6.45) is 10.6. The third kappa shape index (κ3) is 3.70. The fourth-order valence-corrected chi connectivity index (χ4v) is 3.12. The lowest BCUT2D eigenvalue weighted by Crippen LogP contribution is -2.45. The topological polar surface area (TPSA) is 49.3 Å². The first-order valence-electron chi connectivity index (χ1n) is 7.26. The van der Waals surface area contributed by atoms with Crippen molar-refractivity contribution in [1.29, 1.82) is 0 Å². The highest BCUT2D eigenvalue weighted by atomic mass is 16.3. The molecule has 2 saturated carbocycles. The first-order chi connectivity index (χ1) is 8.27. The lowest BCUT2D eigenvalue weighted by Gasteiger charge is -2.27. The number of nitrogens with one attached hydrogen (secondary N) is 1. The monoisotopic (exact) mass is 239 g/mol. The van der Waals surface area contributed by atoms with Crippen LogP contribution in [0.4, 0.5) is 0 Å². The Morgan fingerprint density at radius 2 is 1.47 bits per heavy atom. The fraction of sp³-hybridized carbons (Fsp3) is 0.929. The van der Waals surface area contributed by atoms with E-state index in [2.05, 4.69) is 5.32 Å². The van der Waals surface area contributed by atoms with E-state index in [1.807, 2.05) is 0 Å². The van der Waals surface area contributed by atoms with Crippen LogP contribution in [0.5, 0.6) is 0 Å². The minimum Gasteiger partial charge on any atom is -0.391 e. The highest BCUT2D eigenvalue weighted by molar-refractivity contribution is 5.79. The van der Waals surface area contributed by atoms with Gasteiger partial charge in [0.05, 0.1) is 12.1 Å². The number of aliphatic hydroxyl groups excluding tert-OH is 1. The predicted molar refractivity (Wildman–Crippen MR) is 67.6 cm³/mol. The number of rotatable bonds is 2. The van der Waals surface area contributed by atoms with E-state index in [1.54, 1.807) is 0 Å². The van der Waals surface area contributed by atoms with Gasteiger partial charge < -0.3 is 10.4 Å². The van der Waals surface area contributed by atoms with Crippen LogP contribution in [0, 0.1) is 5.92 Å².